The number of hydrogen-bond donors (Lipinski definition) is 1. The number of rotatable bonds is 2. The molecule has 0 saturated heterocycles. The first-order chi connectivity index (χ1) is 9.68. The molecule has 20 heavy (non-hydrogen) atoms. The van der Waals surface area contributed by atoms with Crippen LogP contribution in [-0.2, 0) is 13.0 Å². The molecular weight excluding hydrogens is 321 g/mol. The summed E-state index contributed by atoms with van der Waals surface area (Å²) in [5.74, 6) is -0.744. The number of ketones is 1. The Balaban J connectivity index is 2.09. The van der Waals surface area contributed by atoms with Gasteiger partial charge in [-0.1, -0.05) is 24.3 Å². The molecule has 0 aromatic heterocycles. The van der Waals surface area contributed by atoms with Gasteiger partial charge < -0.3 is 5.32 Å². The summed E-state index contributed by atoms with van der Waals surface area (Å²) < 4.78 is 14.4. The average Bonchev–Trinajstić information content (AvgIpc) is 2.49. The molecule has 2 aromatic rings. The Hall–Kier alpha value is -1.52. The molecule has 4 heteroatoms. The van der Waals surface area contributed by atoms with Crippen molar-refractivity contribution < 1.29 is 9.18 Å². The highest BCUT2D eigenvalue weighted by molar-refractivity contribution is 9.10. The Morgan fingerprint density at radius 3 is 2.75 bits per heavy atom. The van der Waals surface area contributed by atoms with Gasteiger partial charge in [-0.2, -0.15) is 0 Å². The van der Waals surface area contributed by atoms with Gasteiger partial charge >= 0.3 is 0 Å². The third kappa shape index (κ3) is 2.30. The van der Waals surface area contributed by atoms with Crippen LogP contribution in [0, 0.1) is 5.82 Å². The zero-order valence-electron chi connectivity index (χ0n) is 10.7. The topological polar surface area (TPSA) is 29.1 Å². The molecule has 2 nitrogen and oxygen atoms in total. The fourth-order valence-electron chi connectivity index (χ4n) is 2.57. The zero-order valence-corrected chi connectivity index (χ0v) is 12.3. The number of halogens is 2. The van der Waals surface area contributed by atoms with Gasteiger partial charge in [-0.3, -0.25) is 4.79 Å². The Morgan fingerprint density at radius 1 is 1.15 bits per heavy atom. The zero-order chi connectivity index (χ0) is 14.1. The van der Waals surface area contributed by atoms with Crippen LogP contribution in [0.25, 0.3) is 0 Å². The van der Waals surface area contributed by atoms with Gasteiger partial charge in [0, 0.05) is 12.1 Å². The molecule has 0 atom stereocenters. The quantitative estimate of drug-likeness (QED) is 0.852. The van der Waals surface area contributed by atoms with E-state index >= 15 is 0 Å². The lowest BCUT2D eigenvalue weighted by molar-refractivity contribution is 0.103. The lowest BCUT2D eigenvalue weighted by Gasteiger charge is -2.19. The summed E-state index contributed by atoms with van der Waals surface area (Å²) in [5.41, 5.74) is 2.89. The lowest BCUT2D eigenvalue weighted by atomic mass is 9.91. The van der Waals surface area contributed by atoms with E-state index in [1.54, 1.807) is 18.2 Å². The van der Waals surface area contributed by atoms with Gasteiger partial charge in [-0.05, 0) is 52.2 Å². The van der Waals surface area contributed by atoms with Crippen LogP contribution in [0.2, 0.25) is 0 Å². The highest BCUT2D eigenvalue weighted by Crippen LogP contribution is 2.25. The Labute approximate surface area is 125 Å². The average molecular weight is 334 g/mol. The number of nitrogens with one attached hydrogen (secondary N) is 1. The summed E-state index contributed by atoms with van der Waals surface area (Å²) >= 11 is 3.12. The van der Waals surface area contributed by atoms with Crippen molar-refractivity contribution in [2.45, 2.75) is 13.0 Å². The van der Waals surface area contributed by atoms with Crippen molar-refractivity contribution in [3.63, 3.8) is 0 Å². The SMILES string of the molecule is O=C(c1cccc(Br)c1F)c1cccc2c1CCNC2. The number of hydrogen-bond acceptors (Lipinski definition) is 2. The van der Waals surface area contributed by atoms with E-state index in [0.717, 1.165) is 30.6 Å². The highest BCUT2D eigenvalue weighted by Gasteiger charge is 2.21. The first-order valence-corrected chi connectivity index (χ1v) is 7.28. The molecule has 0 amide bonds. The molecule has 3 rings (SSSR count). The monoisotopic (exact) mass is 333 g/mol. The molecule has 0 fully saturated rings. The smallest absolute Gasteiger partial charge is 0.196 e. The van der Waals surface area contributed by atoms with E-state index < -0.39 is 5.82 Å². The van der Waals surface area contributed by atoms with Gasteiger partial charge in [-0.15, -0.1) is 0 Å². The summed E-state index contributed by atoms with van der Waals surface area (Å²) in [6.07, 6.45) is 0.798. The summed E-state index contributed by atoms with van der Waals surface area (Å²) in [6, 6.07) is 10.5. The molecule has 0 radical (unpaired) electrons. The highest BCUT2D eigenvalue weighted by atomic mass is 79.9. The summed E-state index contributed by atoms with van der Waals surface area (Å²) in [7, 11) is 0. The van der Waals surface area contributed by atoms with Crippen LogP contribution in [0.5, 0.6) is 0 Å². The number of carbonyl (C=O) groups is 1. The molecule has 1 aliphatic heterocycles. The van der Waals surface area contributed by atoms with E-state index in [0.29, 0.717) is 10.0 Å². The normalized spacial score (nSPS) is 13.9. The van der Waals surface area contributed by atoms with Crippen molar-refractivity contribution in [1.82, 2.24) is 5.32 Å². The molecule has 1 N–H and O–H groups in total. The van der Waals surface area contributed by atoms with Gasteiger partial charge in [-0.25, -0.2) is 4.39 Å². The van der Waals surface area contributed by atoms with Crippen molar-refractivity contribution in [1.29, 1.82) is 0 Å². The maximum atomic E-state index is 14.1. The molecule has 2 aromatic carbocycles. The second-order valence-corrected chi connectivity index (χ2v) is 5.65. The van der Waals surface area contributed by atoms with E-state index in [1.165, 1.54) is 6.07 Å². The molecule has 1 heterocycles. The molecule has 1 aliphatic rings. The predicted molar refractivity (Wildman–Crippen MR) is 79.4 cm³/mol. The van der Waals surface area contributed by atoms with Crippen molar-refractivity contribution >= 4 is 21.7 Å². The van der Waals surface area contributed by atoms with E-state index in [1.807, 2.05) is 12.1 Å². The molecule has 0 unspecified atom stereocenters. The maximum absolute atomic E-state index is 14.1. The van der Waals surface area contributed by atoms with Crippen molar-refractivity contribution in [3.8, 4) is 0 Å². The second kappa shape index (κ2) is 5.46. The number of carbonyl (C=O) groups excluding carboxylic acids is 1. The standard InChI is InChI=1S/C16H13BrFNO/c17-14-6-2-5-13(15(14)18)16(20)12-4-1-3-10-9-19-8-7-11(10)12/h1-6,19H,7-9H2. The third-order valence-electron chi connectivity index (χ3n) is 3.58. The maximum Gasteiger partial charge on any atom is 0.196 e. The first kappa shape index (κ1) is 13.5. The minimum absolute atomic E-state index is 0.117. The molecule has 0 saturated carbocycles. The summed E-state index contributed by atoms with van der Waals surface area (Å²) in [6.45, 7) is 1.61. The fourth-order valence-corrected chi connectivity index (χ4v) is 2.94. The van der Waals surface area contributed by atoms with E-state index in [4.69, 9.17) is 0 Å². The Bertz CT molecular complexity index is 684. The van der Waals surface area contributed by atoms with Gasteiger partial charge in [0.2, 0.25) is 0 Å². The van der Waals surface area contributed by atoms with Crippen molar-refractivity contribution in [2.24, 2.45) is 0 Å². The first-order valence-electron chi connectivity index (χ1n) is 6.48. The van der Waals surface area contributed by atoms with E-state index in [2.05, 4.69) is 21.2 Å². The lowest BCUT2D eigenvalue weighted by Crippen LogP contribution is -2.25. The third-order valence-corrected chi connectivity index (χ3v) is 4.19. The van der Waals surface area contributed by atoms with Crippen LogP contribution in [-0.4, -0.2) is 12.3 Å². The van der Waals surface area contributed by atoms with Gasteiger partial charge in [0.25, 0.3) is 0 Å². The van der Waals surface area contributed by atoms with Crippen LogP contribution in [0.4, 0.5) is 4.39 Å². The largest absolute Gasteiger partial charge is 0.312 e. The van der Waals surface area contributed by atoms with E-state index in [9.17, 15) is 9.18 Å². The van der Waals surface area contributed by atoms with Gasteiger partial charge in [0.1, 0.15) is 5.82 Å². The summed E-state index contributed by atoms with van der Waals surface area (Å²) in [5, 5.41) is 3.27. The predicted octanol–water partition coefficient (Wildman–Crippen LogP) is 3.46. The van der Waals surface area contributed by atoms with Crippen LogP contribution in [0.15, 0.2) is 40.9 Å². The molecule has 0 aliphatic carbocycles. The minimum atomic E-state index is -0.496. The summed E-state index contributed by atoms with van der Waals surface area (Å²) in [4.78, 5) is 12.6. The minimum Gasteiger partial charge on any atom is -0.312 e. The van der Waals surface area contributed by atoms with Crippen LogP contribution in [0.3, 0.4) is 0 Å². The molecule has 0 bridgehead atoms. The number of fused-ring (bicyclic) bond motifs is 1. The second-order valence-electron chi connectivity index (χ2n) is 4.80. The van der Waals surface area contributed by atoms with Crippen LogP contribution < -0.4 is 5.32 Å². The van der Waals surface area contributed by atoms with Crippen molar-refractivity contribution in [2.75, 3.05) is 6.54 Å². The van der Waals surface area contributed by atoms with Gasteiger partial charge in [0.05, 0.1) is 10.0 Å². The van der Waals surface area contributed by atoms with Crippen molar-refractivity contribution in [3.05, 3.63) is 68.9 Å². The van der Waals surface area contributed by atoms with Crippen LogP contribution in [0.1, 0.15) is 27.0 Å². The van der Waals surface area contributed by atoms with Crippen LogP contribution >= 0.6 is 15.9 Å². The number of benzene rings is 2. The Kier molecular flexibility index (Phi) is 3.68. The van der Waals surface area contributed by atoms with Gasteiger partial charge in [0.15, 0.2) is 5.78 Å². The molecule has 0 spiro atoms. The molecular formula is C16H13BrFNO. The van der Waals surface area contributed by atoms with E-state index in [-0.39, 0.29) is 11.3 Å². The molecule has 102 valence electrons. The Morgan fingerprint density at radius 2 is 1.90 bits per heavy atom. The fraction of sp³-hybridized carbons (Fsp3) is 0.188.